The molecule has 1 saturated heterocycles. The van der Waals surface area contributed by atoms with Gasteiger partial charge in [-0.3, -0.25) is 9.59 Å². The Hall–Kier alpha value is -2.87. The molecule has 1 N–H and O–H groups in total. The van der Waals surface area contributed by atoms with Gasteiger partial charge in [-0.1, -0.05) is 17.3 Å². The first-order valence-electron chi connectivity index (χ1n) is 8.91. The minimum atomic E-state index is -0.788. The zero-order valence-corrected chi connectivity index (χ0v) is 15.0. The first-order chi connectivity index (χ1) is 13.2. The van der Waals surface area contributed by atoms with Gasteiger partial charge in [0.25, 0.3) is 5.91 Å². The van der Waals surface area contributed by atoms with E-state index in [1.54, 1.807) is 13.2 Å². The summed E-state index contributed by atoms with van der Waals surface area (Å²) in [6.45, 7) is 0.146. The van der Waals surface area contributed by atoms with E-state index in [1.807, 2.05) is 29.2 Å². The van der Waals surface area contributed by atoms with Crippen molar-refractivity contribution in [2.24, 2.45) is 0 Å². The molecule has 0 unspecified atom stereocenters. The standard InChI is InChI=1S/C19H21N3O5/c1-25-15-6-2-12(3-7-15)17-18(19(24)20-10-13-8-9-27-21-13)26-11-16(23)22(17)14-4-5-14/h2-3,6-9,14,17-18H,4-5,10-11H2,1H3,(H,20,24)/t17-,18+/m1/s1. The average molecular weight is 371 g/mol. The van der Waals surface area contributed by atoms with Gasteiger partial charge in [0.1, 0.15) is 24.3 Å². The van der Waals surface area contributed by atoms with Crippen molar-refractivity contribution in [3.63, 3.8) is 0 Å². The number of nitrogens with one attached hydrogen (secondary N) is 1. The molecular weight excluding hydrogens is 350 g/mol. The van der Waals surface area contributed by atoms with Crippen molar-refractivity contribution in [1.82, 2.24) is 15.4 Å². The van der Waals surface area contributed by atoms with Crippen LogP contribution in [0.15, 0.2) is 41.1 Å². The van der Waals surface area contributed by atoms with Crippen LogP contribution in [0.2, 0.25) is 0 Å². The van der Waals surface area contributed by atoms with Crippen LogP contribution in [0.3, 0.4) is 0 Å². The Labute approximate surface area is 156 Å². The van der Waals surface area contributed by atoms with Crippen LogP contribution in [-0.2, 0) is 20.9 Å². The smallest absolute Gasteiger partial charge is 0.252 e. The highest BCUT2D eigenvalue weighted by molar-refractivity contribution is 5.86. The van der Waals surface area contributed by atoms with Crippen molar-refractivity contribution in [1.29, 1.82) is 0 Å². The lowest BCUT2D eigenvalue weighted by atomic mass is 9.96. The molecule has 2 heterocycles. The summed E-state index contributed by atoms with van der Waals surface area (Å²) in [5.74, 6) is 0.350. The Bertz CT molecular complexity index is 801. The minimum absolute atomic E-state index is 0.0844. The summed E-state index contributed by atoms with van der Waals surface area (Å²) in [4.78, 5) is 27.2. The summed E-state index contributed by atoms with van der Waals surface area (Å²) in [7, 11) is 1.60. The molecule has 1 aromatic carbocycles. The van der Waals surface area contributed by atoms with Gasteiger partial charge < -0.3 is 24.2 Å². The van der Waals surface area contributed by atoms with Crippen LogP contribution in [0.5, 0.6) is 5.75 Å². The fraction of sp³-hybridized carbons (Fsp3) is 0.421. The fourth-order valence-electron chi connectivity index (χ4n) is 3.37. The molecule has 1 aliphatic heterocycles. The maximum absolute atomic E-state index is 12.8. The number of hydrogen-bond donors (Lipinski definition) is 1. The van der Waals surface area contributed by atoms with Gasteiger partial charge in [0, 0.05) is 12.1 Å². The van der Waals surface area contributed by atoms with Crippen molar-refractivity contribution in [2.75, 3.05) is 13.7 Å². The molecule has 2 fully saturated rings. The van der Waals surface area contributed by atoms with Crippen LogP contribution in [0, 0.1) is 0 Å². The lowest BCUT2D eigenvalue weighted by Gasteiger charge is -2.40. The van der Waals surface area contributed by atoms with E-state index in [-0.39, 0.29) is 31.0 Å². The summed E-state index contributed by atoms with van der Waals surface area (Å²) in [5.41, 5.74) is 1.47. The maximum Gasteiger partial charge on any atom is 0.252 e. The third-order valence-corrected chi connectivity index (χ3v) is 4.85. The van der Waals surface area contributed by atoms with Crippen LogP contribution in [0.1, 0.15) is 30.1 Å². The second-order valence-electron chi connectivity index (χ2n) is 6.69. The number of methoxy groups -OCH3 is 1. The number of morpholine rings is 1. The molecule has 142 valence electrons. The maximum atomic E-state index is 12.8. The Morgan fingerprint density at radius 2 is 2.07 bits per heavy atom. The van der Waals surface area contributed by atoms with Crippen LogP contribution in [0.25, 0.3) is 0 Å². The lowest BCUT2D eigenvalue weighted by Crippen LogP contribution is -2.55. The van der Waals surface area contributed by atoms with Gasteiger partial charge >= 0.3 is 0 Å². The van der Waals surface area contributed by atoms with Gasteiger partial charge in [0.2, 0.25) is 5.91 Å². The van der Waals surface area contributed by atoms with Crippen molar-refractivity contribution >= 4 is 11.8 Å². The van der Waals surface area contributed by atoms with Crippen molar-refractivity contribution in [3.05, 3.63) is 47.9 Å². The molecule has 8 nitrogen and oxygen atoms in total. The predicted octanol–water partition coefficient (Wildman–Crippen LogP) is 1.43. The van der Waals surface area contributed by atoms with E-state index in [0.29, 0.717) is 11.4 Å². The van der Waals surface area contributed by atoms with Gasteiger partial charge in [0.05, 0.1) is 19.7 Å². The van der Waals surface area contributed by atoms with Crippen molar-refractivity contribution < 1.29 is 23.6 Å². The molecule has 8 heteroatoms. The third-order valence-electron chi connectivity index (χ3n) is 4.85. The van der Waals surface area contributed by atoms with E-state index in [9.17, 15) is 9.59 Å². The van der Waals surface area contributed by atoms with Crippen molar-refractivity contribution in [3.8, 4) is 5.75 Å². The van der Waals surface area contributed by atoms with Crippen molar-refractivity contribution in [2.45, 2.75) is 37.6 Å². The molecule has 2 aromatic rings. The van der Waals surface area contributed by atoms with Gasteiger partial charge in [-0.05, 0) is 30.5 Å². The van der Waals surface area contributed by atoms with Gasteiger partial charge in [0.15, 0.2) is 6.10 Å². The third kappa shape index (κ3) is 3.66. The average Bonchev–Trinajstić information content (AvgIpc) is 3.40. The number of aromatic nitrogens is 1. The van der Waals surface area contributed by atoms with E-state index >= 15 is 0 Å². The van der Waals surface area contributed by atoms with Crippen LogP contribution >= 0.6 is 0 Å². The monoisotopic (exact) mass is 371 g/mol. The summed E-state index contributed by atoms with van der Waals surface area (Å²) in [5, 5.41) is 6.61. The highest BCUT2D eigenvalue weighted by atomic mass is 16.5. The summed E-state index contributed by atoms with van der Waals surface area (Å²) < 4.78 is 15.7. The zero-order valence-electron chi connectivity index (χ0n) is 15.0. The van der Waals surface area contributed by atoms with Crippen LogP contribution in [-0.4, -0.2) is 47.7 Å². The number of rotatable bonds is 6. The first kappa shape index (κ1) is 17.5. The number of amides is 2. The quantitative estimate of drug-likeness (QED) is 0.826. The molecule has 2 aliphatic rings. The highest BCUT2D eigenvalue weighted by Crippen LogP contribution is 2.39. The van der Waals surface area contributed by atoms with E-state index in [1.165, 1.54) is 6.26 Å². The Balaban J connectivity index is 1.58. The topological polar surface area (TPSA) is 93.9 Å². The van der Waals surface area contributed by atoms with Gasteiger partial charge in [-0.25, -0.2) is 0 Å². The summed E-state index contributed by atoms with van der Waals surface area (Å²) >= 11 is 0. The second kappa shape index (κ2) is 7.40. The largest absolute Gasteiger partial charge is 0.497 e. The van der Waals surface area contributed by atoms with E-state index < -0.39 is 12.1 Å². The molecule has 0 spiro atoms. The molecule has 1 aliphatic carbocycles. The number of hydrogen-bond acceptors (Lipinski definition) is 6. The van der Waals surface area contributed by atoms with Gasteiger partial charge in [-0.15, -0.1) is 0 Å². The fourth-order valence-corrected chi connectivity index (χ4v) is 3.37. The molecular formula is C19H21N3O5. The second-order valence-corrected chi connectivity index (χ2v) is 6.69. The number of carbonyl (C=O) groups is 2. The highest BCUT2D eigenvalue weighted by Gasteiger charge is 2.47. The first-order valence-corrected chi connectivity index (χ1v) is 8.91. The molecule has 0 radical (unpaired) electrons. The summed E-state index contributed by atoms with van der Waals surface area (Å²) in [6.07, 6.45) is 2.56. The number of carbonyl (C=O) groups excluding carboxylic acids is 2. The molecule has 1 saturated carbocycles. The number of benzene rings is 1. The van der Waals surface area contributed by atoms with Crippen LogP contribution < -0.4 is 10.1 Å². The predicted molar refractivity (Wildman–Crippen MR) is 93.7 cm³/mol. The molecule has 4 rings (SSSR count). The minimum Gasteiger partial charge on any atom is -0.497 e. The Morgan fingerprint density at radius 3 is 2.70 bits per heavy atom. The Kier molecular flexibility index (Phi) is 4.81. The van der Waals surface area contributed by atoms with E-state index in [4.69, 9.17) is 14.0 Å². The molecule has 2 amide bonds. The lowest BCUT2D eigenvalue weighted by molar-refractivity contribution is -0.165. The summed E-state index contributed by atoms with van der Waals surface area (Å²) in [6, 6.07) is 8.77. The van der Waals surface area contributed by atoms with E-state index in [0.717, 1.165) is 18.4 Å². The normalized spacial score (nSPS) is 22.6. The SMILES string of the molecule is COc1ccc([C@@H]2[C@@H](C(=O)NCc3ccon3)OCC(=O)N2C2CC2)cc1. The molecule has 0 bridgehead atoms. The molecule has 1 aromatic heterocycles. The number of nitrogens with zero attached hydrogens (tertiary/aromatic N) is 2. The molecule has 27 heavy (non-hydrogen) atoms. The van der Waals surface area contributed by atoms with Crippen LogP contribution in [0.4, 0.5) is 0 Å². The molecule has 2 atom stereocenters. The zero-order chi connectivity index (χ0) is 18.8. The van der Waals surface area contributed by atoms with E-state index in [2.05, 4.69) is 10.5 Å². The van der Waals surface area contributed by atoms with Gasteiger partial charge in [-0.2, -0.15) is 0 Å². The number of ether oxygens (including phenoxy) is 2. The Morgan fingerprint density at radius 1 is 1.30 bits per heavy atom.